The highest BCUT2D eigenvalue weighted by atomic mass is 35.5. The molecule has 0 atom stereocenters. The van der Waals surface area contributed by atoms with Crippen molar-refractivity contribution < 1.29 is 9.53 Å². The molecular formula is C23H25ClN6O2. The summed E-state index contributed by atoms with van der Waals surface area (Å²) in [5.74, 6) is 1.04. The molecule has 0 unspecified atom stereocenters. The lowest BCUT2D eigenvalue weighted by molar-refractivity contribution is -0.116. The summed E-state index contributed by atoms with van der Waals surface area (Å²) in [4.78, 5) is 17.5. The van der Waals surface area contributed by atoms with Crippen molar-refractivity contribution in [2.75, 3.05) is 12.4 Å². The molecule has 0 aliphatic carbocycles. The highest BCUT2D eigenvalue weighted by Gasteiger charge is 2.19. The lowest BCUT2D eigenvalue weighted by atomic mass is 10.00. The zero-order chi connectivity index (χ0) is 23.0. The highest BCUT2D eigenvalue weighted by Crippen LogP contribution is 2.30. The molecule has 8 nitrogen and oxygen atoms in total. The Morgan fingerprint density at radius 1 is 1.19 bits per heavy atom. The summed E-state index contributed by atoms with van der Waals surface area (Å²) >= 11 is 6.12. The van der Waals surface area contributed by atoms with Crippen molar-refractivity contribution in [1.29, 1.82) is 0 Å². The number of aromatic nitrogens is 5. The molecule has 0 bridgehead atoms. The molecular weight excluding hydrogens is 428 g/mol. The molecule has 3 heterocycles. The molecule has 0 aliphatic heterocycles. The molecule has 0 saturated heterocycles. The molecule has 1 amide bonds. The van der Waals surface area contributed by atoms with Gasteiger partial charge in [0.05, 0.1) is 23.9 Å². The first kappa shape index (κ1) is 21.8. The van der Waals surface area contributed by atoms with Crippen LogP contribution >= 0.6 is 11.6 Å². The number of hydrogen-bond acceptors (Lipinski definition) is 5. The van der Waals surface area contributed by atoms with Gasteiger partial charge in [0.2, 0.25) is 11.8 Å². The molecule has 1 N–H and O–H groups in total. The van der Waals surface area contributed by atoms with Gasteiger partial charge in [0.1, 0.15) is 5.82 Å². The third-order valence-corrected chi connectivity index (χ3v) is 5.71. The number of fused-ring (bicyclic) bond motifs is 1. The van der Waals surface area contributed by atoms with E-state index < -0.39 is 0 Å². The van der Waals surface area contributed by atoms with Crippen molar-refractivity contribution in [1.82, 2.24) is 24.5 Å². The molecule has 4 rings (SSSR count). The van der Waals surface area contributed by atoms with Crippen molar-refractivity contribution in [3.63, 3.8) is 0 Å². The number of aryl methyl sites for hydroxylation is 4. The molecule has 0 aliphatic rings. The van der Waals surface area contributed by atoms with Crippen LogP contribution in [0.3, 0.4) is 0 Å². The number of nitrogens with zero attached hydrogens (tertiary/aromatic N) is 5. The molecule has 0 fully saturated rings. The van der Waals surface area contributed by atoms with Crippen molar-refractivity contribution in [2.24, 2.45) is 7.05 Å². The van der Waals surface area contributed by atoms with E-state index in [1.54, 1.807) is 28.6 Å². The zero-order valence-electron chi connectivity index (χ0n) is 18.7. The number of anilines is 1. The van der Waals surface area contributed by atoms with Crippen molar-refractivity contribution in [3.8, 4) is 11.6 Å². The van der Waals surface area contributed by atoms with Crippen molar-refractivity contribution in [2.45, 2.75) is 33.6 Å². The van der Waals surface area contributed by atoms with Crippen LogP contribution in [0.25, 0.3) is 16.7 Å². The summed E-state index contributed by atoms with van der Waals surface area (Å²) in [6.07, 6.45) is 0.853. The number of nitrogens with one attached hydrogen (secondary N) is 1. The number of amides is 1. The maximum atomic E-state index is 12.8. The van der Waals surface area contributed by atoms with Gasteiger partial charge in [-0.15, -0.1) is 5.10 Å². The van der Waals surface area contributed by atoms with E-state index in [1.165, 1.54) is 0 Å². The van der Waals surface area contributed by atoms with Gasteiger partial charge in [0.25, 0.3) is 0 Å². The van der Waals surface area contributed by atoms with Crippen LogP contribution in [0.15, 0.2) is 30.3 Å². The van der Waals surface area contributed by atoms with Gasteiger partial charge < -0.3 is 10.1 Å². The maximum absolute atomic E-state index is 12.8. The molecule has 0 radical (unpaired) electrons. The van der Waals surface area contributed by atoms with Crippen LogP contribution in [0.5, 0.6) is 5.88 Å². The number of benzene rings is 1. The smallest absolute Gasteiger partial charge is 0.242 e. The van der Waals surface area contributed by atoms with Gasteiger partial charge in [-0.25, -0.2) is 14.3 Å². The molecule has 32 heavy (non-hydrogen) atoms. The van der Waals surface area contributed by atoms with Crippen LogP contribution in [0.2, 0.25) is 5.02 Å². The van der Waals surface area contributed by atoms with Gasteiger partial charge in [0, 0.05) is 30.3 Å². The minimum atomic E-state index is -0.106. The first-order chi connectivity index (χ1) is 15.3. The molecule has 3 aromatic heterocycles. The average Bonchev–Trinajstić information content (AvgIpc) is 3.27. The molecule has 166 valence electrons. The number of carbonyl (C=O) groups excluding carboxylic acids is 1. The highest BCUT2D eigenvalue weighted by molar-refractivity contribution is 6.30. The van der Waals surface area contributed by atoms with E-state index in [1.807, 2.05) is 46.0 Å². The Kier molecular flexibility index (Phi) is 5.88. The third-order valence-electron chi connectivity index (χ3n) is 5.47. The SMILES string of the molecule is COc1nn(C)c2nc(C)c(CCC(=O)Nc3cc(C)nn3-c3cccc(Cl)c3)c(C)c12. The van der Waals surface area contributed by atoms with Gasteiger partial charge in [-0.3, -0.25) is 4.79 Å². The van der Waals surface area contributed by atoms with Gasteiger partial charge in [0.15, 0.2) is 5.65 Å². The van der Waals surface area contributed by atoms with Crippen LogP contribution < -0.4 is 10.1 Å². The van der Waals surface area contributed by atoms with Crippen LogP contribution in [0, 0.1) is 20.8 Å². The summed E-state index contributed by atoms with van der Waals surface area (Å²) in [5.41, 5.74) is 5.29. The fraction of sp³-hybridized carbons (Fsp3) is 0.304. The summed E-state index contributed by atoms with van der Waals surface area (Å²) in [5, 5.41) is 13.3. The first-order valence-electron chi connectivity index (χ1n) is 10.3. The normalized spacial score (nSPS) is 11.2. The fourth-order valence-electron chi connectivity index (χ4n) is 3.94. The fourth-order valence-corrected chi connectivity index (χ4v) is 4.13. The number of ether oxygens (including phenoxy) is 1. The van der Waals surface area contributed by atoms with Crippen LogP contribution in [-0.4, -0.2) is 37.6 Å². The number of hydrogen-bond donors (Lipinski definition) is 1. The summed E-state index contributed by atoms with van der Waals surface area (Å²) < 4.78 is 8.82. The third kappa shape index (κ3) is 4.05. The summed E-state index contributed by atoms with van der Waals surface area (Å²) in [6, 6.07) is 9.18. The van der Waals surface area contributed by atoms with Gasteiger partial charge >= 0.3 is 0 Å². The second kappa shape index (κ2) is 8.63. The Bertz CT molecular complexity index is 1320. The minimum absolute atomic E-state index is 0.106. The second-order valence-corrected chi connectivity index (χ2v) is 8.18. The molecule has 1 aromatic carbocycles. The predicted molar refractivity (Wildman–Crippen MR) is 125 cm³/mol. The number of halogens is 1. The molecule has 9 heteroatoms. The van der Waals surface area contributed by atoms with E-state index in [2.05, 4.69) is 15.5 Å². The average molecular weight is 453 g/mol. The molecule has 0 saturated carbocycles. The molecule has 4 aromatic rings. The Morgan fingerprint density at radius 2 is 1.97 bits per heavy atom. The van der Waals surface area contributed by atoms with Crippen LogP contribution in [-0.2, 0) is 18.3 Å². The van der Waals surface area contributed by atoms with Gasteiger partial charge in [-0.2, -0.15) is 5.10 Å². The maximum Gasteiger partial charge on any atom is 0.242 e. The van der Waals surface area contributed by atoms with Crippen LogP contribution in [0.4, 0.5) is 5.82 Å². The second-order valence-electron chi connectivity index (χ2n) is 7.74. The Labute approximate surface area is 191 Å². The topological polar surface area (TPSA) is 86.9 Å². The van der Waals surface area contributed by atoms with E-state index in [-0.39, 0.29) is 5.91 Å². The van der Waals surface area contributed by atoms with Gasteiger partial charge in [-0.05, 0) is 56.5 Å². The predicted octanol–water partition coefficient (Wildman–Crippen LogP) is 4.31. The lowest BCUT2D eigenvalue weighted by Crippen LogP contribution is -2.16. The number of carbonyl (C=O) groups is 1. The standard InChI is InChI=1S/C23H25ClN6O2/c1-13-11-19(30(27-13)17-8-6-7-16(24)12-17)26-20(31)10-9-18-14(2)21-22(25-15(18)3)29(4)28-23(21)32-5/h6-8,11-12H,9-10H2,1-5H3,(H,26,31). The Morgan fingerprint density at radius 3 is 2.69 bits per heavy atom. The Balaban J connectivity index is 1.55. The van der Waals surface area contributed by atoms with E-state index in [4.69, 9.17) is 21.3 Å². The Hall–Kier alpha value is -3.39. The number of pyridine rings is 1. The van der Waals surface area contributed by atoms with E-state index in [0.29, 0.717) is 29.6 Å². The first-order valence-corrected chi connectivity index (χ1v) is 10.7. The summed E-state index contributed by atoms with van der Waals surface area (Å²) in [6.45, 7) is 5.86. The summed E-state index contributed by atoms with van der Waals surface area (Å²) in [7, 11) is 3.44. The largest absolute Gasteiger partial charge is 0.479 e. The van der Waals surface area contributed by atoms with Crippen molar-refractivity contribution >= 4 is 34.4 Å². The quantitative estimate of drug-likeness (QED) is 0.471. The lowest BCUT2D eigenvalue weighted by Gasteiger charge is -2.12. The minimum Gasteiger partial charge on any atom is -0.479 e. The van der Waals surface area contributed by atoms with E-state index in [0.717, 1.165) is 39.2 Å². The van der Waals surface area contributed by atoms with Crippen LogP contribution in [0.1, 0.15) is 28.9 Å². The number of methoxy groups -OCH3 is 1. The van der Waals surface area contributed by atoms with E-state index in [9.17, 15) is 4.79 Å². The van der Waals surface area contributed by atoms with Gasteiger partial charge in [-0.1, -0.05) is 17.7 Å². The molecule has 0 spiro atoms. The van der Waals surface area contributed by atoms with E-state index >= 15 is 0 Å². The monoisotopic (exact) mass is 452 g/mol. The number of rotatable bonds is 6. The van der Waals surface area contributed by atoms with Crippen molar-refractivity contribution in [3.05, 3.63) is 57.9 Å². The zero-order valence-corrected chi connectivity index (χ0v) is 19.5.